The Hall–Kier alpha value is -1.06. The molecule has 3 heteroatoms. The van der Waals surface area contributed by atoms with E-state index in [1.807, 2.05) is 18.2 Å². The first-order valence-corrected chi connectivity index (χ1v) is 4.41. The number of hydrogen-bond donors (Lipinski definition) is 2. The predicted octanol–water partition coefficient (Wildman–Crippen LogP) is 0.441. The smallest absolute Gasteiger partial charge is 0.128 e. The SMILES string of the molecule is N[C@@H]1COc2c(CO)cccc2C1. The van der Waals surface area contributed by atoms with Gasteiger partial charge in [-0.3, -0.25) is 0 Å². The van der Waals surface area contributed by atoms with Crippen molar-refractivity contribution in [2.24, 2.45) is 5.73 Å². The van der Waals surface area contributed by atoms with E-state index in [1.54, 1.807) is 0 Å². The molecule has 0 saturated heterocycles. The van der Waals surface area contributed by atoms with E-state index in [0.29, 0.717) is 6.61 Å². The van der Waals surface area contributed by atoms with Crippen LogP contribution in [0.5, 0.6) is 5.75 Å². The minimum absolute atomic E-state index is 0.0262. The molecule has 0 radical (unpaired) electrons. The third kappa shape index (κ3) is 1.53. The highest BCUT2D eigenvalue weighted by Crippen LogP contribution is 2.28. The second-order valence-electron chi connectivity index (χ2n) is 3.34. The summed E-state index contributed by atoms with van der Waals surface area (Å²) in [5.41, 5.74) is 7.71. The number of benzene rings is 1. The quantitative estimate of drug-likeness (QED) is 0.657. The largest absolute Gasteiger partial charge is 0.491 e. The van der Waals surface area contributed by atoms with Crippen LogP contribution in [0.2, 0.25) is 0 Å². The second kappa shape index (κ2) is 3.36. The summed E-state index contributed by atoms with van der Waals surface area (Å²) in [6.07, 6.45) is 0.836. The average molecular weight is 179 g/mol. The lowest BCUT2D eigenvalue weighted by Crippen LogP contribution is -2.34. The van der Waals surface area contributed by atoms with Gasteiger partial charge in [-0.15, -0.1) is 0 Å². The molecular formula is C10H13NO2. The van der Waals surface area contributed by atoms with Crippen molar-refractivity contribution in [3.05, 3.63) is 29.3 Å². The van der Waals surface area contributed by atoms with Gasteiger partial charge in [-0.2, -0.15) is 0 Å². The number of fused-ring (bicyclic) bond motifs is 1. The van der Waals surface area contributed by atoms with Crippen molar-refractivity contribution in [2.45, 2.75) is 19.1 Å². The minimum Gasteiger partial charge on any atom is -0.491 e. The van der Waals surface area contributed by atoms with Gasteiger partial charge in [-0.1, -0.05) is 18.2 Å². The van der Waals surface area contributed by atoms with Crippen LogP contribution in [-0.4, -0.2) is 17.8 Å². The minimum atomic E-state index is 0.0262. The van der Waals surface area contributed by atoms with Crippen LogP contribution >= 0.6 is 0 Å². The van der Waals surface area contributed by atoms with Gasteiger partial charge < -0.3 is 15.6 Å². The van der Waals surface area contributed by atoms with E-state index in [-0.39, 0.29) is 12.6 Å². The molecule has 0 bridgehead atoms. The Morgan fingerprint density at radius 2 is 2.38 bits per heavy atom. The molecule has 3 N–H and O–H groups in total. The van der Waals surface area contributed by atoms with E-state index in [4.69, 9.17) is 15.6 Å². The Labute approximate surface area is 77.1 Å². The molecule has 1 aliphatic rings. The number of aliphatic hydroxyl groups excluding tert-OH is 1. The van der Waals surface area contributed by atoms with Crippen molar-refractivity contribution in [1.82, 2.24) is 0 Å². The summed E-state index contributed by atoms with van der Waals surface area (Å²) in [5, 5.41) is 9.05. The van der Waals surface area contributed by atoms with Crippen LogP contribution in [0.25, 0.3) is 0 Å². The molecule has 3 nitrogen and oxygen atoms in total. The molecule has 1 aromatic carbocycles. The molecule has 0 aliphatic carbocycles. The molecule has 1 aromatic rings. The summed E-state index contributed by atoms with van der Waals surface area (Å²) >= 11 is 0. The molecule has 1 atom stereocenters. The summed E-state index contributed by atoms with van der Waals surface area (Å²) in [7, 11) is 0. The summed E-state index contributed by atoms with van der Waals surface area (Å²) < 4.78 is 5.47. The van der Waals surface area contributed by atoms with Gasteiger partial charge in [-0.05, 0) is 12.0 Å². The number of nitrogens with two attached hydrogens (primary N) is 1. The summed E-state index contributed by atoms with van der Waals surface area (Å²) in [4.78, 5) is 0. The van der Waals surface area contributed by atoms with E-state index in [2.05, 4.69) is 0 Å². The molecule has 0 spiro atoms. The topological polar surface area (TPSA) is 55.5 Å². The van der Waals surface area contributed by atoms with Gasteiger partial charge in [0.1, 0.15) is 12.4 Å². The fourth-order valence-corrected chi connectivity index (χ4v) is 1.64. The van der Waals surface area contributed by atoms with Crippen LogP contribution < -0.4 is 10.5 Å². The first kappa shape index (κ1) is 8.53. The molecule has 0 fully saturated rings. The molecule has 0 saturated carbocycles. The highest BCUT2D eigenvalue weighted by molar-refractivity contribution is 5.42. The molecule has 0 unspecified atom stereocenters. The number of ether oxygens (including phenoxy) is 1. The van der Waals surface area contributed by atoms with E-state index in [0.717, 1.165) is 23.3 Å². The molecule has 1 heterocycles. The fraction of sp³-hybridized carbons (Fsp3) is 0.400. The Morgan fingerprint density at radius 1 is 1.54 bits per heavy atom. The van der Waals surface area contributed by atoms with Crippen LogP contribution in [0.3, 0.4) is 0 Å². The van der Waals surface area contributed by atoms with Crippen molar-refractivity contribution in [1.29, 1.82) is 0 Å². The molecule has 13 heavy (non-hydrogen) atoms. The van der Waals surface area contributed by atoms with Crippen molar-refractivity contribution in [3.8, 4) is 5.75 Å². The third-order valence-electron chi connectivity index (χ3n) is 2.27. The number of aliphatic hydroxyl groups is 1. The Morgan fingerprint density at radius 3 is 3.15 bits per heavy atom. The Balaban J connectivity index is 2.39. The van der Waals surface area contributed by atoms with Gasteiger partial charge in [0, 0.05) is 11.6 Å². The van der Waals surface area contributed by atoms with Crippen LogP contribution in [0.4, 0.5) is 0 Å². The Bertz CT molecular complexity index is 312. The zero-order chi connectivity index (χ0) is 9.26. The van der Waals surface area contributed by atoms with Gasteiger partial charge in [0.25, 0.3) is 0 Å². The molecule has 2 rings (SSSR count). The molecule has 0 amide bonds. The van der Waals surface area contributed by atoms with Gasteiger partial charge in [0.15, 0.2) is 0 Å². The van der Waals surface area contributed by atoms with Crippen LogP contribution in [0.1, 0.15) is 11.1 Å². The van der Waals surface area contributed by atoms with Gasteiger partial charge in [0.2, 0.25) is 0 Å². The first-order chi connectivity index (χ1) is 6.31. The van der Waals surface area contributed by atoms with E-state index >= 15 is 0 Å². The second-order valence-corrected chi connectivity index (χ2v) is 3.34. The monoisotopic (exact) mass is 179 g/mol. The van der Waals surface area contributed by atoms with Crippen molar-refractivity contribution < 1.29 is 9.84 Å². The maximum atomic E-state index is 9.05. The van der Waals surface area contributed by atoms with Crippen molar-refractivity contribution >= 4 is 0 Å². The van der Waals surface area contributed by atoms with E-state index in [1.165, 1.54) is 0 Å². The van der Waals surface area contributed by atoms with Crippen molar-refractivity contribution in [2.75, 3.05) is 6.61 Å². The normalized spacial score (nSPS) is 20.6. The zero-order valence-electron chi connectivity index (χ0n) is 7.36. The van der Waals surface area contributed by atoms with Gasteiger partial charge >= 0.3 is 0 Å². The predicted molar refractivity (Wildman–Crippen MR) is 49.5 cm³/mol. The first-order valence-electron chi connectivity index (χ1n) is 4.41. The summed E-state index contributed by atoms with van der Waals surface area (Å²) in [6, 6.07) is 5.87. The van der Waals surface area contributed by atoms with Gasteiger partial charge in [-0.25, -0.2) is 0 Å². The van der Waals surface area contributed by atoms with E-state index in [9.17, 15) is 0 Å². The van der Waals surface area contributed by atoms with Crippen molar-refractivity contribution in [3.63, 3.8) is 0 Å². The summed E-state index contributed by atoms with van der Waals surface area (Å²) in [5.74, 6) is 0.826. The highest BCUT2D eigenvalue weighted by atomic mass is 16.5. The highest BCUT2D eigenvalue weighted by Gasteiger charge is 2.18. The zero-order valence-corrected chi connectivity index (χ0v) is 7.36. The lowest BCUT2D eigenvalue weighted by molar-refractivity contribution is 0.239. The number of hydrogen-bond acceptors (Lipinski definition) is 3. The molecule has 1 aliphatic heterocycles. The van der Waals surface area contributed by atoms with E-state index < -0.39 is 0 Å². The standard InChI is InChI=1S/C10H13NO2/c11-9-4-7-2-1-3-8(5-12)10(7)13-6-9/h1-3,9,12H,4-6,11H2/t9-/m0/s1. The van der Waals surface area contributed by atoms with Crippen LogP contribution in [-0.2, 0) is 13.0 Å². The number of rotatable bonds is 1. The van der Waals surface area contributed by atoms with Crippen LogP contribution in [0, 0.1) is 0 Å². The fourth-order valence-electron chi connectivity index (χ4n) is 1.64. The maximum absolute atomic E-state index is 9.05. The lowest BCUT2D eigenvalue weighted by atomic mass is 10.0. The maximum Gasteiger partial charge on any atom is 0.128 e. The lowest BCUT2D eigenvalue weighted by Gasteiger charge is -2.24. The summed E-state index contributed by atoms with van der Waals surface area (Å²) in [6.45, 7) is 0.572. The molecule has 0 aromatic heterocycles. The van der Waals surface area contributed by atoms with Crippen LogP contribution in [0.15, 0.2) is 18.2 Å². The Kier molecular flexibility index (Phi) is 2.20. The molecule has 70 valence electrons. The average Bonchev–Trinajstić information content (AvgIpc) is 2.16. The molecular weight excluding hydrogens is 166 g/mol. The van der Waals surface area contributed by atoms with Gasteiger partial charge in [0.05, 0.1) is 6.61 Å². The third-order valence-corrected chi connectivity index (χ3v) is 2.27. The number of para-hydroxylation sites is 1.